The van der Waals surface area contributed by atoms with Gasteiger partial charge in [-0.2, -0.15) is 0 Å². The molecule has 42 heavy (non-hydrogen) atoms. The summed E-state index contributed by atoms with van der Waals surface area (Å²) in [6.07, 6.45) is 6.38. The third-order valence-electron chi connectivity index (χ3n) is 7.27. The average molecular weight is 570 g/mol. The third-order valence-corrected chi connectivity index (χ3v) is 7.27. The number of ether oxygens (including phenoxy) is 4. The van der Waals surface area contributed by atoms with Gasteiger partial charge in [0.1, 0.15) is 22.8 Å². The van der Waals surface area contributed by atoms with Crippen molar-refractivity contribution in [3.8, 4) is 35.3 Å². The first-order valence-corrected chi connectivity index (χ1v) is 13.4. The number of methoxy groups -OCH3 is 1. The van der Waals surface area contributed by atoms with Crippen LogP contribution in [0.5, 0.6) is 23.0 Å². The number of carbonyl (C=O) groups excluding carboxylic acids is 1. The third kappa shape index (κ3) is 5.68. The van der Waals surface area contributed by atoms with Crippen LogP contribution in [0.25, 0.3) is 11.0 Å². The van der Waals surface area contributed by atoms with Crippen LogP contribution in [0.4, 0.5) is 5.69 Å². The molecule has 1 saturated heterocycles. The lowest BCUT2D eigenvalue weighted by Crippen LogP contribution is -2.49. The predicted molar refractivity (Wildman–Crippen MR) is 157 cm³/mol. The first kappa shape index (κ1) is 28.7. The highest BCUT2D eigenvalue weighted by atomic mass is 16.7. The highest BCUT2D eigenvalue weighted by Crippen LogP contribution is 2.38. The van der Waals surface area contributed by atoms with Crippen LogP contribution < -0.4 is 20.4 Å². The fraction of sp³-hybridized carbons (Fsp3) is 0.273. The largest absolute Gasteiger partial charge is 0.505 e. The maximum atomic E-state index is 13.1. The van der Waals surface area contributed by atoms with Gasteiger partial charge in [0.2, 0.25) is 6.29 Å². The second-order valence-electron chi connectivity index (χ2n) is 10.5. The number of aryl methyl sites for hydroxylation is 1. The van der Waals surface area contributed by atoms with E-state index in [1.54, 1.807) is 44.4 Å². The minimum Gasteiger partial charge on any atom is -0.505 e. The van der Waals surface area contributed by atoms with E-state index in [4.69, 9.17) is 29.8 Å². The summed E-state index contributed by atoms with van der Waals surface area (Å²) < 4.78 is 29.2. The molecule has 2 unspecified atom stereocenters. The Labute approximate surface area is 243 Å². The van der Waals surface area contributed by atoms with Crippen molar-refractivity contribution in [2.45, 2.75) is 51.6 Å². The number of nitrogens with one attached hydrogen (secondary N) is 1. The smallest absolute Gasteiger partial charge is 0.364 e. The number of aromatic hydroxyl groups is 1. The summed E-state index contributed by atoms with van der Waals surface area (Å²) in [5.41, 5.74) is -0.628. The Morgan fingerprint density at radius 1 is 1.10 bits per heavy atom. The molecule has 0 radical (unpaired) electrons. The van der Waals surface area contributed by atoms with Crippen molar-refractivity contribution >= 4 is 22.6 Å². The fourth-order valence-corrected chi connectivity index (χ4v) is 5.01. The van der Waals surface area contributed by atoms with Gasteiger partial charge in [-0.25, -0.2) is 4.79 Å². The van der Waals surface area contributed by atoms with Crippen LogP contribution in [0.1, 0.15) is 48.2 Å². The van der Waals surface area contributed by atoms with Gasteiger partial charge in [-0.3, -0.25) is 4.79 Å². The standard InChI is InChI=1S/C33H31NO8/c1-6-20-12-13-21(18-25(20)39-22-10-8-7-9-11-22)31(36)34-28-29(35)23-14-15-24(19(2)30(23)41-32(28)37)40-27-17-16-26(38-5)33(3,4)42-27/h1,7-15,18,26-27,35H,16-17H2,2-5H3,(H,34,36). The van der Waals surface area contributed by atoms with E-state index in [0.717, 1.165) is 6.42 Å². The number of benzene rings is 3. The molecule has 1 aliphatic rings. The molecule has 0 aliphatic carbocycles. The quantitative estimate of drug-likeness (QED) is 0.201. The molecule has 3 aromatic carbocycles. The number of amides is 1. The second kappa shape index (κ2) is 11.6. The van der Waals surface area contributed by atoms with Gasteiger partial charge in [-0.15, -0.1) is 6.42 Å². The maximum absolute atomic E-state index is 13.1. The SMILES string of the molecule is C#Cc1ccc(C(=O)Nc2c(O)c3ccc(OC4CCC(OC)C(C)(C)O4)c(C)c3oc2=O)cc1Oc1ccccc1. The van der Waals surface area contributed by atoms with E-state index in [2.05, 4.69) is 11.2 Å². The molecule has 1 amide bonds. The van der Waals surface area contributed by atoms with Crippen molar-refractivity contribution < 1.29 is 33.3 Å². The molecule has 2 heterocycles. The van der Waals surface area contributed by atoms with Gasteiger partial charge in [0, 0.05) is 24.7 Å². The summed E-state index contributed by atoms with van der Waals surface area (Å²) >= 11 is 0. The van der Waals surface area contributed by atoms with Gasteiger partial charge in [-0.1, -0.05) is 24.1 Å². The van der Waals surface area contributed by atoms with Crippen molar-refractivity contribution in [2.24, 2.45) is 0 Å². The predicted octanol–water partition coefficient (Wildman–Crippen LogP) is 6.14. The monoisotopic (exact) mass is 569 g/mol. The molecule has 216 valence electrons. The molecule has 9 nitrogen and oxygen atoms in total. The van der Waals surface area contributed by atoms with Gasteiger partial charge >= 0.3 is 5.63 Å². The normalized spacial score (nSPS) is 17.8. The number of rotatable bonds is 7. The fourth-order valence-electron chi connectivity index (χ4n) is 5.01. The summed E-state index contributed by atoms with van der Waals surface area (Å²) in [6, 6.07) is 16.7. The molecule has 0 saturated carbocycles. The molecule has 1 aromatic heterocycles. The first-order chi connectivity index (χ1) is 20.1. The maximum Gasteiger partial charge on any atom is 0.364 e. The summed E-state index contributed by atoms with van der Waals surface area (Å²) in [5.74, 6) is 2.71. The van der Waals surface area contributed by atoms with E-state index in [0.29, 0.717) is 29.0 Å². The van der Waals surface area contributed by atoms with Crippen LogP contribution >= 0.6 is 0 Å². The van der Waals surface area contributed by atoms with Crippen molar-refractivity contribution in [1.29, 1.82) is 0 Å². The zero-order chi connectivity index (χ0) is 30.0. The Balaban J connectivity index is 1.39. The zero-order valence-corrected chi connectivity index (χ0v) is 23.7. The lowest BCUT2D eigenvalue weighted by molar-refractivity contribution is -0.233. The van der Waals surface area contributed by atoms with E-state index in [1.165, 1.54) is 12.1 Å². The summed E-state index contributed by atoms with van der Waals surface area (Å²) in [5, 5.41) is 13.7. The number of carbonyl (C=O) groups is 1. The van der Waals surface area contributed by atoms with Crippen LogP contribution in [0, 0.1) is 19.3 Å². The topological polar surface area (TPSA) is 116 Å². The van der Waals surface area contributed by atoms with E-state index in [-0.39, 0.29) is 28.4 Å². The van der Waals surface area contributed by atoms with Gasteiger partial charge in [0.05, 0.1) is 22.7 Å². The molecular weight excluding hydrogens is 538 g/mol. The highest BCUT2D eigenvalue weighted by Gasteiger charge is 2.39. The highest BCUT2D eigenvalue weighted by molar-refractivity contribution is 6.06. The Bertz CT molecular complexity index is 1740. The molecule has 0 bridgehead atoms. The van der Waals surface area contributed by atoms with Crippen molar-refractivity contribution in [2.75, 3.05) is 12.4 Å². The molecule has 2 atom stereocenters. The molecule has 1 aliphatic heterocycles. The molecule has 4 aromatic rings. The molecule has 5 rings (SSSR count). The zero-order valence-electron chi connectivity index (χ0n) is 23.7. The first-order valence-electron chi connectivity index (χ1n) is 13.4. The number of terminal acetylenes is 1. The average Bonchev–Trinajstić information content (AvgIpc) is 2.97. The number of para-hydroxylation sites is 1. The van der Waals surface area contributed by atoms with Crippen molar-refractivity contribution in [1.82, 2.24) is 0 Å². The number of fused-ring (bicyclic) bond motifs is 1. The van der Waals surface area contributed by atoms with Crippen LogP contribution in [0.2, 0.25) is 0 Å². The Morgan fingerprint density at radius 3 is 2.55 bits per heavy atom. The van der Waals surface area contributed by atoms with Crippen LogP contribution in [0.3, 0.4) is 0 Å². The Hall–Kier alpha value is -4.78. The summed E-state index contributed by atoms with van der Waals surface area (Å²) in [7, 11) is 1.66. The lowest BCUT2D eigenvalue weighted by Gasteiger charge is -2.41. The summed E-state index contributed by atoms with van der Waals surface area (Å²) in [6.45, 7) is 5.60. The van der Waals surface area contributed by atoms with Crippen molar-refractivity contribution in [3.63, 3.8) is 0 Å². The second-order valence-corrected chi connectivity index (χ2v) is 10.5. The molecule has 9 heteroatoms. The number of anilines is 1. The van der Waals surface area contributed by atoms with Crippen LogP contribution in [-0.2, 0) is 9.47 Å². The van der Waals surface area contributed by atoms with E-state index in [9.17, 15) is 14.7 Å². The number of hydrogen-bond donors (Lipinski definition) is 2. The molecule has 0 spiro atoms. The minimum atomic E-state index is -0.924. The molecular formula is C33H31NO8. The minimum absolute atomic E-state index is 0.0584. The van der Waals surface area contributed by atoms with E-state index >= 15 is 0 Å². The van der Waals surface area contributed by atoms with E-state index < -0.39 is 34.9 Å². The summed E-state index contributed by atoms with van der Waals surface area (Å²) in [4.78, 5) is 26.1. The van der Waals surface area contributed by atoms with Gasteiger partial charge < -0.3 is 33.8 Å². The Kier molecular flexibility index (Phi) is 7.94. The molecule has 1 fully saturated rings. The lowest BCUT2D eigenvalue weighted by atomic mass is 9.94. The van der Waals surface area contributed by atoms with Crippen molar-refractivity contribution in [3.05, 3.63) is 87.8 Å². The van der Waals surface area contributed by atoms with Crippen LogP contribution in [-0.4, -0.2) is 36.1 Å². The van der Waals surface area contributed by atoms with Gasteiger partial charge in [-0.05, 0) is 69.7 Å². The van der Waals surface area contributed by atoms with Crippen LogP contribution in [0.15, 0.2) is 69.9 Å². The van der Waals surface area contributed by atoms with Gasteiger partial charge in [0.25, 0.3) is 5.91 Å². The van der Waals surface area contributed by atoms with E-state index in [1.807, 2.05) is 32.0 Å². The molecule has 2 N–H and O–H groups in total. The Morgan fingerprint density at radius 2 is 1.86 bits per heavy atom. The van der Waals surface area contributed by atoms with Gasteiger partial charge in [0.15, 0.2) is 11.4 Å². The number of hydrogen-bond acceptors (Lipinski definition) is 8.